The summed E-state index contributed by atoms with van der Waals surface area (Å²) in [5, 5.41) is 0. The van der Waals surface area contributed by atoms with Crippen LogP contribution in [0.2, 0.25) is 0 Å². The van der Waals surface area contributed by atoms with Crippen LogP contribution in [0.5, 0.6) is 0 Å². The lowest BCUT2D eigenvalue weighted by Gasteiger charge is -2.08. The van der Waals surface area contributed by atoms with E-state index in [4.69, 9.17) is 5.73 Å². The molecule has 0 bridgehead atoms. The van der Waals surface area contributed by atoms with Gasteiger partial charge in [0.25, 0.3) is 0 Å². The highest BCUT2D eigenvalue weighted by atomic mass is 32.2. The molecule has 0 aliphatic rings. The molecule has 0 amide bonds. The maximum absolute atomic E-state index is 12.3. The number of nitrogens with two attached hydrogens (primary N) is 1. The molecule has 0 fully saturated rings. The highest BCUT2D eigenvalue weighted by Crippen LogP contribution is 2.15. The molecule has 1 aromatic carbocycles. The van der Waals surface area contributed by atoms with Crippen LogP contribution in [0.3, 0.4) is 0 Å². The number of aryl methyl sites for hydroxylation is 1. The fourth-order valence-electron chi connectivity index (χ4n) is 2.13. The fourth-order valence-corrected chi connectivity index (χ4v) is 3.66. The average molecular weight is 290 g/mol. The predicted molar refractivity (Wildman–Crippen MR) is 79.6 cm³/mol. The summed E-state index contributed by atoms with van der Waals surface area (Å²) in [7, 11) is -3.23. The van der Waals surface area contributed by atoms with Crippen molar-refractivity contribution in [1.29, 1.82) is 0 Å². The van der Waals surface area contributed by atoms with Gasteiger partial charge in [-0.2, -0.15) is 0 Å². The molecule has 5 heteroatoms. The normalized spacial score (nSPS) is 11.5. The lowest BCUT2D eigenvalue weighted by Crippen LogP contribution is -2.12. The van der Waals surface area contributed by atoms with Crippen molar-refractivity contribution >= 4 is 9.84 Å². The van der Waals surface area contributed by atoms with Crippen molar-refractivity contribution in [2.24, 2.45) is 5.73 Å². The highest BCUT2D eigenvalue weighted by Gasteiger charge is 2.15. The molecule has 0 radical (unpaired) electrons. The van der Waals surface area contributed by atoms with Gasteiger partial charge in [-0.05, 0) is 24.1 Å². The fraction of sp³-hybridized carbons (Fsp3) is 0.267. The van der Waals surface area contributed by atoms with E-state index < -0.39 is 9.84 Å². The Kier molecular flexibility index (Phi) is 4.52. The molecule has 2 rings (SSSR count). The Hall–Kier alpha value is -1.72. The van der Waals surface area contributed by atoms with Gasteiger partial charge in [0.15, 0.2) is 9.84 Å². The number of aromatic nitrogens is 1. The van der Waals surface area contributed by atoms with E-state index in [9.17, 15) is 8.42 Å². The molecule has 0 aliphatic heterocycles. The Morgan fingerprint density at radius 3 is 2.65 bits per heavy atom. The monoisotopic (exact) mass is 290 g/mol. The second kappa shape index (κ2) is 6.15. The summed E-state index contributed by atoms with van der Waals surface area (Å²) < 4.78 is 24.6. The van der Waals surface area contributed by atoms with Crippen molar-refractivity contribution in [3.05, 3.63) is 65.0 Å². The van der Waals surface area contributed by atoms with Crippen LogP contribution < -0.4 is 5.73 Å². The molecule has 0 spiro atoms. The van der Waals surface area contributed by atoms with Gasteiger partial charge in [-0.1, -0.05) is 35.9 Å². The summed E-state index contributed by atoms with van der Waals surface area (Å²) in [4.78, 5) is 4.11. The van der Waals surface area contributed by atoms with Gasteiger partial charge < -0.3 is 5.73 Å². The summed E-state index contributed by atoms with van der Waals surface area (Å²) in [6.07, 6.45) is 1.62. The molecule has 0 unspecified atom stereocenters. The molecule has 20 heavy (non-hydrogen) atoms. The van der Waals surface area contributed by atoms with Gasteiger partial charge >= 0.3 is 0 Å². The molecule has 1 heterocycles. The van der Waals surface area contributed by atoms with Gasteiger partial charge in [0, 0.05) is 12.7 Å². The summed E-state index contributed by atoms with van der Waals surface area (Å²) in [5.74, 6) is 0.00883. The van der Waals surface area contributed by atoms with Gasteiger partial charge in [0.1, 0.15) is 0 Å². The van der Waals surface area contributed by atoms with E-state index in [0.717, 1.165) is 11.1 Å². The first kappa shape index (κ1) is 14.7. The third kappa shape index (κ3) is 3.88. The Morgan fingerprint density at radius 1 is 1.15 bits per heavy atom. The minimum Gasteiger partial charge on any atom is -0.325 e. The highest BCUT2D eigenvalue weighted by molar-refractivity contribution is 7.89. The molecule has 2 aromatic rings. The first-order valence-corrected chi connectivity index (χ1v) is 8.21. The first-order chi connectivity index (χ1) is 9.50. The van der Waals surface area contributed by atoms with Crippen LogP contribution in [0.1, 0.15) is 22.4 Å². The van der Waals surface area contributed by atoms with E-state index >= 15 is 0 Å². The molecule has 1 aromatic heterocycles. The maximum atomic E-state index is 12.3. The number of benzene rings is 1. The van der Waals surface area contributed by atoms with Crippen molar-refractivity contribution in [3.63, 3.8) is 0 Å². The SMILES string of the molecule is Cc1cccc(CS(=O)(=O)Cc2cccnc2CN)c1. The summed E-state index contributed by atoms with van der Waals surface area (Å²) in [6, 6.07) is 11.0. The van der Waals surface area contributed by atoms with E-state index in [1.807, 2.05) is 31.2 Å². The minimum atomic E-state index is -3.23. The molecule has 106 valence electrons. The molecule has 0 saturated carbocycles. The predicted octanol–water partition coefficient (Wildman–Crippen LogP) is 1.96. The Morgan fingerprint density at radius 2 is 1.95 bits per heavy atom. The lowest BCUT2D eigenvalue weighted by molar-refractivity contribution is 0.594. The van der Waals surface area contributed by atoms with Crippen LogP contribution >= 0.6 is 0 Å². The maximum Gasteiger partial charge on any atom is 0.158 e. The van der Waals surface area contributed by atoms with Crippen molar-refractivity contribution in [2.45, 2.75) is 25.0 Å². The van der Waals surface area contributed by atoms with E-state index in [1.54, 1.807) is 18.3 Å². The van der Waals surface area contributed by atoms with E-state index in [1.165, 1.54) is 0 Å². The van der Waals surface area contributed by atoms with Gasteiger partial charge in [-0.3, -0.25) is 4.98 Å². The first-order valence-electron chi connectivity index (χ1n) is 6.39. The number of nitrogens with zero attached hydrogens (tertiary/aromatic N) is 1. The van der Waals surface area contributed by atoms with Gasteiger partial charge in [0.05, 0.1) is 17.2 Å². The quantitative estimate of drug-likeness (QED) is 0.913. The lowest BCUT2D eigenvalue weighted by atomic mass is 10.2. The molecule has 4 nitrogen and oxygen atoms in total. The number of hydrogen-bond donors (Lipinski definition) is 1. The average Bonchev–Trinajstić information content (AvgIpc) is 2.38. The van der Waals surface area contributed by atoms with E-state index in [-0.39, 0.29) is 18.1 Å². The van der Waals surface area contributed by atoms with Crippen molar-refractivity contribution in [1.82, 2.24) is 4.98 Å². The van der Waals surface area contributed by atoms with Crippen LogP contribution in [0, 0.1) is 6.92 Å². The molecule has 0 aliphatic carbocycles. The van der Waals surface area contributed by atoms with Crippen molar-refractivity contribution < 1.29 is 8.42 Å². The molecule has 0 atom stereocenters. The summed E-state index contributed by atoms with van der Waals surface area (Å²) in [6.45, 7) is 2.19. The van der Waals surface area contributed by atoms with Crippen molar-refractivity contribution in [2.75, 3.05) is 0 Å². The largest absolute Gasteiger partial charge is 0.325 e. The zero-order chi connectivity index (χ0) is 14.6. The van der Waals surface area contributed by atoms with Gasteiger partial charge in [-0.15, -0.1) is 0 Å². The number of rotatable bonds is 5. The van der Waals surface area contributed by atoms with Gasteiger partial charge in [0.2, 0.25) is 0 Å². The van der Waals surface area contributed by atoms with Gasteiger partial charge in [-0.25, -0.2) is 8.42 Å². The Labute approximate surface area is 119 Å². The van der Waals surface area contributed by atoms with Crippen LogP contribution in [0.25, 0.3) is 0 Å². The second-order valence-corrected chi connectivity index (χ2v) is 6.90. The van der Waals surface area contributed by atoms with E-state index in [0.29, 0.717) is 11.3 Å². The number of pyridine rings is 1. The third-order valence-electron chi connectivity index (χ3n) is 3.02. The topological polar surface area (TPSA) is 73.0 Å². The van der Waals surface area contributed by atoms with Crippen LogP contribution in [0.15, 0.2) is 42.6 Å². The van der Waals surface area contributed by atoms with Crippen LogP contribution in [0.4, 0.5) is 0 Å². The smallest absolute Gasteiger partial charge is 0.158 e. The minimum absolute atomic E-state index is 0.0265. The van der Waals surface area contributed by atoms with Crippen LogP contribution in [-0.4, -0.2) is 13.4 Å². The summed E-state index contributed by atoms with van der Waals surface area (Å²) >= 11 is 0. The zero-order valence-corrected chi connectivity index (χ0v) is 12.2. The molecule has 2 N–H and O–H groups in total. The molecular weight excluding hydrogens is 272 g/mol. The molecule has 0 saturated heterocycles. The standard InChI is InChI=1S/C15H18N2O2S/c1-12-4-2-5-13(8-12)10-20(18,19)11-14-6-3-7-17-15(14)9-16/h2-8H,9-11,16H2,1H3. The second-order valence-electron chi connectivity index (χ2n) is 4.83. The number of sulfone groups is 1. The van der Waals surface area contributed by atoms with Crippen LogP contribution in [-0.2, 0) is 27.9 Å². The van der Waals surface area contributed by atoms with E-state index in [2.05, 4.69) is 4.98 Å². The molecular formula is C15H18N2O2S. The Bertz CT molecular complexity index is 697. The zero-order valence-electron chi connectivity index (χ0n) is 11.4. The number of hydrogen-bond acceptors (Lipinski definition) is 4. The third-order valence-corrected chi connectivity index (χ3v) is 4.55. The Balaban J connectivity index is 2.19. The van der Waals surface area contributed by atoms with Crippen molar-refractivity contribution in [3.8, 4) is 0 Å². The summed E-state index contributed by atoms with van der Waals surface area (Å²) in [5.41, 5.74) is 8.77.